The Morgan fingerprint density at radius 1 is 1.39 bits per heavy atom. The molecule has 1 heterocycles. The molecule has 0 aliphatic heterocycles. The van der Waals surface area contributed by atoms with E-state index in [0.29, 0.717) is 0 Å². The molecule has 2 aromatic rings. The number of ether oxygens (including phenoxy) is 1. The highest BCUT2D eigenvalue weighted by atomic mass is 35.5. The first-order valence-electron chi connectivity index (χ1n) is 6.61. The van der Waals surface area contributed by atoms with Crippen molar-refractivity contribution in [2.24, 2.45) is 0 Å². The normalized spacial score (nSPS) is 10.8. The van der Waals surface area contributed by atoms with Gasteiger partial charge in [-0.15, -0.1) is 0 Å². The highest BCUT2D eigenvalue weighted by Gasteiger charge is 2.16. The smallest absolute Gasteiger partial charge is 0.358 e. The molecule has 0 amide bonds. The van der Waals surface area contributed by atoms with E-state index in [4.69, 9.17) is 16.3 Å². The summed E-state index contributed by atoms with van der Waals surface area (Å²) in [7, 11) is 0. The molecule has 122 valence electrons. The third-order valence-corrected chi connectivity index (χ3v) is 3.68. The summed E-state index contributed by atoms with van der Waals surface area (Å²) in [5, 5.41) is 0.377. The van der Waals surface area contributed by atoms with Crippen molar-refractivity contribution < 1.29 is 9.53 Å². The van der Waals surface area contributed by atoms with Crippen LogP contribution < -0.4 is 11.4 Å². The number of halogens is 1. The van der Waals surface area contributed by atoms with E-state index in [1.807, 2.05) is 0 Å². The maximum atomic E-state index is 12.1. The Kier molecular flexibility index (Phi) is 5.27. The van der Waals surface area contributed by atoms with Gasteiger partial charge in [0.15, 0.2) is 5.16 Å². The van der Waals surface area contributed by atoms with Crippen molar-refractivity contribution in [1.29, 1.82) is 0 Å². The van der Waals surface area contributed by atoms with Gasteiger partial charge in [0.25, 0.3) is 0 Å². The Hall–Kier alpha value is -2.06. The van der Waals surface area contributed by atoms with Crippen molar-refractivity contribution in [2.45, 2.75) is 25.1 Å². The number of aromatic amines is 1. The zero-order valence-electron chi connectivity index (χ0n) is 12.6. The van der Waals surface area contributed by atoms with Crippen molar-refractivity contribution in [2.75, 3.05) is 6.26 Å². The molecule has 9 heteroatoms. The maximum absolute atomic E-state index is 12.1. The van der Waals surface area contributed by atoms with Gasteiger partial charge >= 0.3 is 17.3 Å². The van der Waals surface area contributed by atoms with Crippen LogP contribution in [-0.4, -0.2) is 32.9 Å². The summed E-state index contributed by atoms with van der Waals surface area (Å²) >= 11 is 7.14. The second kappa shape index (κ2) is 7.01. The minimum Gasteiger partial charge on any atom is -0.459 e. The molecule has 1 aromatic heterocycles. The first-order chi connectivity index (χ1) is 10.8. The maximum Gasteiger partial charge on any atom is 0.358 e. The number of rotatable bonds is 4. The minimum absolute atomic E-state index is 0.0677. The van der Waals surface area contributed by atoms with Gasteiger partial charge in [0, 0.05) is 0 Å². The summed E-state index contributed by atoms with van der Waals surface area (Å²) in [5.41, 5.74) is -1.15. The van der Waals surface area contributed by atoms with Crippen molar-refractivity contribution in [3.05, 3.63) is 49.8 Å². The van der Waals surface area contributed by atoms with Crippen LogP contribution in [0.3, 0.4) is 0 Å². The fourth-order valence-corrected chi connectivity index (χ4v) is 2.36. The average Bonchev–Trinajstić information content (AvgIpc) is 2.47. The van der Waals surface area contributed by atoms with Gasteiger partial charge in [-0.2, -0.15) is 4.98 Å². The van der Waals surface area contributed by atoms with Gasteiger partial charge in [-0.3, -0.25) is 4.98 Å². The number of carbonyl (C=O) groups is 1. The first-order valence-corrected chi connectivity index (χ1v) is 8.22. The van der Waals surface area contributed by atoms with Crippen LogP contribution in [0.15, 0.2) is 32.9 Å². The lowest BCUT2D eigenvalue weighted by Gasteiger charge is -2.11. The molecular formula is C14H14ClN3O4S. The Morgan fingerprint density at radius 3 is 2.65 bits per heavy atom. The zero-order valence-corrected chi connectivity index (χ0v) is 14.2. The molecule has 0 saturated heterocycles. The number of aromatic nitrogens is 3. The molecule has 0 unspecified atom stereocenters. The molecule has 1 aromatic carbocycles. The van der Waals surface area contributed by atoms with E-state index in [-0.39, 0.29) is 27.5 Å². The van der Waals surface area contributed by atoms with Crippen LogP contribution in [0.2, 0.25) is 5.02 Å². The van der Waals surface area contributed by atoms with Crippen LogP contribution in [0.4, 0.5) is 0 Å². The lowest BCUT2D eigenvalue weighted by atomic mass is 10.2. The molecule has 0 saturated carbocycles. The molecule has 0 spiro atoms. The minimum atomic E-state index is -0.747. The van der Waals surface area contributed by atoms with E-state index in [1.54, 1.807) is 20.1 Å². The highest BCUT2D eigenvalue weighted by Crippen LogP contribution is 2.20. The van der Waals surface area contributed by atoms with Crippen LogP contribution in [0.25, 0.3) is 5.69 Å². The Labute approximate surface area is 140 Å². The summed E-state index contributed by atoms with van der Waals surface area (Å²) in [5.74, 6) is -0.634. The Balaban J connectivity index is 2.57. The summed E-state index contributed by atoms with van der Waals surface area (Å²) < 4.78 is 5.91. The SMILES string of the molecule is CSc1nc(=O)n(-c2ccc(Cl)c(C(=O)OC(C)C)c2)c(=O)[nH]1. The predicted molar refractivity (Wildman–Crippen MR) is 87.8 cm³/mol. The van der Waals surface area contributed by atoms with Gasteiger partial charge in [-0.05, 0) is 38.3 Å². The van der Waals surface area contributed by atoms with Crippen molar-refractivity contribution in [1.82, 2.24) is 14.5 Å². The third kappa shape index (κ3) is 3.83. The monoisotopic (exact) mass is 355 g/mol. The van der Waals surface area contributed by atoms with E-state index < -0.39 is 17.3 Å². The van der Waals surface area contributed by atoms with Crippen LogP contribution in [-0.2, 0) is 4.74 Å². The highest BCUT2D eigenvalue weighted by molar-refractivity contribution is 7.98. The van der Waals surface area contributed by atoms with Crippen LogP contribution >= 0.6 is 23.4 Å². The van der Waals surface area contributed by atoms with Crippen LogP contribution in [0.5, 0.6) is 0 Å². The molecule has 0 atom stereocenters. The fraction of sp³-hybridized carbons (Fsp3) is 0.286. The van der Waals surface area contributed by atoms with Crippen LogP contribution in [0.1, 0.15) is 24.2 Å². The molecule has 0 bridgehead atoms. The number of hydrogen-bond donors (Lipinski definition) is 1. The fourth-order valence-electron chi connectivity index (χ4n) is 1.81. The number of thioether (sulfide) groups is 1. The van der Waals surface area contributed by atoms with Gasteiger partial charge in [-0.25, -0.2) is 19.0 Å². The molecule has 0 radical (unpaired) electrons. The number of nitrogens with zero attached hydrogens (tertiary/aromatic N) is 2. The average molecular weight is 356 g/mol. The van der Waals surface area contributed by atoms with Gasteiger partial charge in [-0.1, -0.05) is 23.4 Å². The predicted octanol–water partition coefficient (Wildman–Crippen LogP) is 1.86. The molecule has 0 aliphatic rings. The molecule has 7 nitrogen and oxygen atoms in total. The van der Waals surface area contributed by atoms with E-state index in [9.17, 15) is 14.4 Å². The van der Waals surface area contributed by atoms with E-state index in [1.165, 1.54) is 18.2 Å². The number of H-pyrrole nitrogens is 1. The van der Waals surface area contributed by atoms with Gasteiger partial charge < -0.3 is 4.74 Å². The number of carbonyl (C=O) groups excluding carboxylic acids is 1. The van der Waals surface area contributed by atoms with Gasteiger partial charge in [0.05, 0.1) is 22.4 Å². The van der Waals surface area contributed by atoms with Gasteiger partial charge in [0.1, 0.15) is 0 Å². The molecule has 2 rings (SSSR count). The summed E-state index contributed by atoms with van der Waals surface area (Å²) in [6.07, 6.45) is 1.36. The standard InChI is InChI=1S/C14H14ClN3O4S/c1-7(2)22-11(19)9-6-8(4-5-10(9)15)18-13(20)16-12(23-3)17-14(18)21/h4-7H,1-3H3,(H,16,17,20,21). The number of nitrogens with one attached hydrogen (secondary N) is 1. The van der Waals surface area contributed by atoms with Gasteiger partial charge in [0.2, 0.25) is 0 Å². The molecule has 0 aliphatic carbocycles. The van der Waals surface area contributed by atoms with Crippen molar-refractivity contribution in [3.8, 4) is 5.69 Å². The molecular weight excluding hydrogens is 342 g/mol. The number of benzene rings is 1. The number of esters is 1. The molecule has 0 fully saturated rings. The van der Waals surface area contributed by atoms with Crippen molar-refractivity contribution in [3.63, 3.8) is 0 Å². The molecule has 23 heavy (non-hydrogen) atoms. The molecule has 1 N–H and O–H groups in total. The van der Waals surface area contributed by atoms with Crippen molar-refractivity contribution >= 4 is 29.3 Å². The largest absolute Gasteiger partial charge is 0.459 e. The lowest BCUT2D eigenvalue weighted by Crippen LogP contribution is -2.36. The summed E-state index contributed by atoms with van der Waals surface area (Å²) in [6, 6.07) is 4.19. The van der Waals surface area contributed by atoms with E-state index in [0.717, 1.165) is 16.3 Å². The quantitative estimate of drug-likeness (QED) is 0.664. The Morgan fingerprint density at radius 2 is 2.09 bits per heavy atom. The second-order valence-electron chi connectivity index (χ2n) is 4.79. The number of hydrogen-bond acceptors (Lipinski definition) is 6. The first kappa shape index (κ1) is 17.3. The zero-order chi connectivity index (χ0) is 17.1. The van der Waals surface area contributed by atoms with E-state index in [2.05, 4.69) is 9.97 Å². The van der Waals surface area contributed by atoms with E-state index >= 15 is 0 Å². The lowest BCUT2D eigenvalue weighted by molar-refractivity contribution is 0.0378. The van der Waals surface area contributed by atoms with Crippen LogP contribution in [0, 0.1) is 0 Å². The Bertz CT molecular complexity index is 829. The third-order valence-electron chi connectivity index (χ3n) is 2.77. The topological polar surface area (TPSA) is 94.0 Å². The second-order valence-corrected chi connectivity index (χ2v) is 5.99. The summed E-state index contributed by atoms with van der Waals surface area (Å²) in [6.45, 7) is 3.41. The summed E-state index contributed by atoms with van der Waals surface area (Å²) in [4.78, 5) is 42.3.